The SMILES string of the molecule is COc1ccc(C(C)=O)cc1CC(=O)O[C@H](C)C(=O)Nc1ccccc1C#N. The van der Waals surface area contributed by atoms with Gasteiger partial charge in [-0.15, -0.1) is 0 Å². The van der Waals surface area contributed by atoms with E-state index in [2.05, 4.69) is 5.32 Å². The molecular weight excluding hydrogens is 360 g/mol. The number of hydrogen-bond acceptors (Lipinski definition) is 6. The van der Waals surface area contributed by atoms with Crippen LogP contribution in [0.1, 0.15) is 35.3 Å². The number of amides is 1. The Hall–Kier alpha value is -3.66. The molecule has 0 saturated heterocycles. The lowest BCUT2D eigenvalue weighted by atomic mass is 10.0. The van der Waals surface area contributed by atoms with E-state index in [0.717, 1.165) is 0 Å². The lowest BCUT2D eigenvalue weighted by molar-refractivity contribution is -0.152. The highest BCUT2D eigenvalue weighted by molar-refractivity contribution is 5.96. The van der Waals surface area contributed by atoms with E-state index in [-0.39, 0.29) is 12.2 Å². The van der Waals surface area contributed by atoms with Crippen LogP contribution >= 0.6 is 0 Å². The minimum atomic E-state index is -1.07. The number of nitrogens with zero attached hydrogens (tertiary/aromatic N) is 1. The number of ketones is 1. The molecule has 2 aromatic carbocycles. The van der Waals surface area contributed by atoms with E-state index >= 15 is 0 Å². The van der Waals surface area contributed by atoms with Gasteiger partial charge in [0.2, 0.25) is 0 Å². The third-order valence-corrected chi connectivity index (χ3v) is 4.00. The highest BCUT2D eigenvalue weighted by Crippen LogP contribution is 2.21. The molecule has 0 aliphatic rings. The summed E-state index contributed by atoms with van der Waals surface area (Å²) >= 11 is 0. The van der Waals surface area contributed by atoms with Crippen LogP contribution in [-0.4, -0.2) is 30.9 Å². The largest absolute Gasteiger partial charge is 0.496 e. The van der Waals surface area contributed by atoms with Crippen LogP contribution in [0.3, 0.4) is 0 Å². The number of carbonyl (C=O) groups is 3. The van der Waals surface area contributed by atoms with Gasteiger partial charge in [0.25, 0.3) is 5.91 Å². The van der Waals surface area contributed by atoms with Gasteiger partial charge >= 0.3 is 5.97 Å². The van der Waals surface area contributed by atoms with E-state index in [9.17, 15) is 14.4 Å². The van der Waals surface area contributed by atoms with Gasteiger partial charge in [-0.3, -0.25) is 14.4 Å². The molecule has 144 valence electrons. The van der Waals surface area contributed by atoms with Crippen molar-refractivity contribution in [3.63, 3.8) is 0 Å². The van der Waals surface area contributed by atoms with Crippen LogP contribution in [0, 0.1) is 11.3 Å². The Morgan fingerprint density at radius 1 is 1.18 bits per heavy atom. The fourth-order valence-corrected chi connectivity index (χ4v) is 2.51. The Kier molecular flexibility index (Phi) is 6.88. The monoisotopic (exact) mass is 380 g/mol. The Morgan fingerprint density at radius 2 is 1.89 bits per heavy atom. The van der Waals surface area contributed by atoms with Crippen molar-refractivity contribution in [1.29, 1.82) is 5.26 Å². The number of anilines is 1. The van der Waals surface area contributed by atoms with Gasteiger partial charge in [-0.1, -0.05) is 12.1 Å². The lowest BCUT2D eigenvalue weighted by Crippen LogP contribution is -2.30. The highest BCUT2D eigenvalue weighted by atomic mass is 16.5. The molecule has 0 spiro atoms. The third kappa shape index (κ3) is 5.17. The number of nitrogens with one attached hydrogen (secondary N) is 1. The fourth-order valence-electron chi connectivity index (χ4n) is 2.51. The summed E-state index contributed by atoms with van der Waals surface area (Å²) in [6.45, 7) is 2.86. The summed E-state index contributed by atoms with van der Waals surface area (Å²) in [4.78, 5) is 36.1. The number of carbonyl (C=O) groups excluding carboxylic acids is 3. The molecule has 0 bridgehead atoms. The Bertz CT molecular complexity index is 946. The second-order valence-corrected chi connectivity index (χ2v) is 6.04. The van der Waals surface area contributed by atoms with Crippen molar-refractivity contribution >= 4 is 23.3 Å². The summed E-state index contributed by atoms with van der Waals surface area (Å²) in [6, 6.07) is 13.3. The highest BCUT2D eigenvalue weighted by Gasteiger charge is 2.20. The van der Waals surface area contributed by atoms with E-state index in [4.69, 9.17) is 14.7 Å². The summed E-state index contributed by atoms with van der Waals surface area (Å²) in [7, 11) is 1.46. The van der Waals surface area contributed by atoms with E-state index in [1.54, 1.807) is 42.5 Å². The molecule has 2 aromatic rings. The standard InChI is InChI=1S/C21H20N2O5/c1-13(24)15-8-9-19(27-3)17(10-15)11-20(25)28-14(2)21(26)23-18-7-5-4-6-16(18)12-22/h4-10,14H,11H2,1-3H3,(H,23,26)/t14-/m1/s1. The Balaban J connectivity index is 2.04. The number of benzene rings is 2. The average Bonchev–Trinajstić information content (AvgIpc) is 2.68. The topological polar surface area (TPSA) is 105 Å². The van der Waals surface area contributed by atoms with Crippen molar-refractivity contribution in [1.82, 2.24) is 0 Å². The molecule has 0 aromatic heterocycles. The number of Topliss-reactive ketones (excluding diaryl/α,β-unsaturated/α-hetero) is 1. The zero-order valence-electron chi connectivity index (χ0n) is 15.8. The van der Waals surface area contributed by atoms with E-state index in [1.165, 1.54) is 21.0 Å². The van der Waals surface area contributed by atoms with Crippen molar-refractivity contribution in [3.8, 4) is 11.8 Å². The normalized spacial score (nSPS) is 11.1. The minimum absolute atomic E-state index is 0.138. The van der Waals surface area contributed by atoms with Crippen LogP contribution in [0.2, 0.25) is 0 Å². The van der Waals surface area contributed by atoms with Crippen LogP contribution in [0.5, 0.6) is 5.75 Å². The van der Waals surface area contributed by atoms with Crippen molar-refractivity contribution in [3.05, 3.63) is 59.2 Å². The van der Waals surface area contributed by atoms with Gasteiger partial charge < -0.3 is 14.8 Å². The molecule has 1 amide bonds. The molecule has 7 nitrogen and oxygen atoms in total. The molecular formula is C21H20N2O5. The maximum atomic E-state index is 12.3. The summed E-state index contributed by atoms with van der Waals surface area (Å²) < 4.78 is 10.4. The van der Waals surface area contributed by atoms with Crippen LogP contribution in [0.15, 0.2) is 42.5 Å². The number of methoxy groups -OCH3 is 1. The number of rotatable bonds is 7. The molecule has 1 atom stereocenters. The van der Waals surface area contributed by atoms with E-state index in [1.807, 2.05) is 6.07 Å². The predicted octanol–water partition coefficient (Wildman–Crippen LogP) is 2.88. The summed E-state index contributed by atoms with van der Waals surface area (Å²) in [5.41, 5.74) is 1.58. The Morgan fingerprint density at radius 3 is 2.54 bits per heavy atom. The third-order valence-electron chi connectivity index (χ3n) is 4.00. The molecule has 28 heavy (non-hydrogen) atoms. The molecule has 1 N–H and O–H groups in total. The quantitative estimate of drug-likeness (QED) is 0.585. The number of hydrogen-bond donors (Lipinski definition) is 1. The van der Waals surface area contributed by atoms with Crippen LogP contribution in [0.25, 0.3) is 0 Å². The first-order valence-electron chi connectivity index (χ1n) is 8.53. The first kappa shape index (κ1) is 20.6. The molecule has 0 aliphatic heterocycles. The van der Waals surface area contributed by atoms with E-state index in [0.29, 0.717) is 28.1 Å². The fraction of sp³-hybridized carbons (Fsp3) is 0.238. The summed E-state index contributed by atoms with van der Waals surface area (Å²) in [6.07, 6.45) is -1.22. The zero-order valence-corrected chi connectivity index (χ0v) is 15.8. The number of nitriles is 1. The van der Waals surface area contributed by atoms with Crippen molar-refractivity contribution in [2.45, 2.75) is 26.4 Å². The number of para-hydroxylation sites is 1. The number of ether oxygens (including phenoxy) is 2. The maximum absolute atomic E-state index is 12.3. The van der Waals surface area contributed by atoms with Crippen molar-refractivity contribution in [2.75, 3.05) is 12.4 Å². The first-order valence-corrected chi connectivity index (χ1v) is 8.53. The van der Waals surface area contributed by atoms with Gasteiger partial charge in [-0.2, -0.15) is 5.26 Å². The van der Waals surface area contributed by atoms with Crippen LogP contribution < -0.4 is 10.1 Å². The smallest absolute Gasteiger partial charge is 0.311 e. The van der Waals surface area contributed by atoms with Gasteiger partial charge in [-0.25, -0.2) is 0 Å². The lowest BCUT2D eigenvalue weighted by Gasteiger charge is -2.15. The summed E-state index contributed by atoms with van der Waals surface area (Å²) in [5, 5.41) is 11.6. The molecule has 0 fully saturated rings. The van der Waals surface area contributed by atoms with Crippen molar-refractivity contribution < 1.29 is 23.9 Å². The second-order valence-electron chi connectivity index (χ2n) is 6.04. The average molecular weight is 380 g/mol. The second kappa shape index (κ2) is 9.33. The molecule has 0 saturated carbocycles. The first-order chi connectivity index (χ1) is 13.3. The molecule has 7 heteroatoms. The molecule has 2 rings (SSSR count). The molecule has 0 unspecified atom stereocenters. The van der Waals surface area contributed by atoms with Gasteiger partial charge in [0.05, 0.1) is 24.8 Å². The van der Waals surface area contributed by atoms with Crippen molar-refractivity contribution in [2.24, 2.45) is 0 Å². The van der Waals surface area contributed by atoms with Gasteiger partial charge in [0.1, 0.15) is 11.8 Å². The Labute approximate surface area is 162 Å². The van der Waals surface area contributed by atoms with Gasteiger partial charge in [-0.05, 0) is 44.2 Å². The summed E-state index contributed by atoms with van der Waals surface area (Å²) in [5.74, 6) is -0.890. The maximum Gasteiger partial charge on any atom is 0.311 e. The predicted molar refractivity (Wildman–Crippen MR) is 102 cm³/mol. The van der Waals surface area contributed by atoms with Gasteiger partial charge in [0.15, 0.2) is 11.9 Å². The number of esters is 1. The zero-order chi connectivity index (χ0) is 20.7. The van der Waals surface area contributed by atoms with E-state index < -0.39 is 18.0 Å². The van der Waals surface area contributed by atoms with Crippen LogP contribution in [-0.2, 0) is 20.7 Å². The van der Waals surface area contributed by atoms with Gasteiger partial charge in [0, 0.05) is 11.1 Å². The molecule has 0 radical (unpaired) electrons. The molecule has 0 aliphatic carbocycles. The minimum Gasteiger partial charge on any atom is -0.496 e. The van der Waals surface area contributed by atoms with Crippen LogP contribution in [0.4, 0.5) is 5.69 Å². The molecule has 0 heterocycles.